The highest BCUT2D eigenvalue weighted by molar-refractivity contribution is 6.32. The van der Waals surface area contributed by atoms with E-state index in [1.54, 1.807) is 13.8 Å². The molecule has 170 valence electrons. The fourth-order valence-corrected chi connectivity index (χ4v) is 2.85. The lowest BCUT2D eigenvalue weighted by atomic mass is 10.0. The summed E-state index contributed by atoms with van der Waals surface area (Å²) in [4.78, 5) is 47.5. The number of benzene rings is 2. The highest BCUT2D eigenvalue weighted by atomic mass is 35.5. The predicted molar refractivity (Wildman–Crippen MR) is 112 cm³/mol. The molecular weight excluding hydrogens is 447 g/mol. The first kappa shape index (κ1) is 24.7. The second-order valence-electron chi connectivity index (χ2n) is 7.00. The van der Waals surface area contributed by atoms with Crippen LogP contribution in [0.3, 0.4) is 0 Å². The molecule has 1 atom stereocenters. The summed E-state index contributed by atoms with van der Waals surface area (Å²) in [5, 5.41) is 13.3. The number of halogens is 2. The Bertz CT molecular complexity index is 1060. The van der Waals surface area contributed by atoms with Crippen LogP contribution in [0.25, 0.3) is 0 Å². The standard InChI is InChI=1S/C21H20ClFN2O7/c1-11(2)19(24-20(27)13-4-6-14(22)16(9-13)25(29)30)21(28)32-10-17(26)12-5-7-18(31-3)15(23)8-12/h4-9,11,19H,10H2,1-3H3,(H,24,27)/t19-/m0/s1. The minimum absolute atomic E-state index is 0.0188. The molecule has 0 aliphatic rings. The number of methoxy groups -OCH3 is 1. The Morgan fingerprint density at radius 2 is 1.81 bits per heavy atom. The zero-order chi connectivity index (χ0) is 24.0. The van der Waals surface area contributed by atoms with Gasteiger partial charge in [-0.3, -0.25) is 19.7 Å². The van der Waals surface area contributed by atoms with Gasteiger partial charge in [0.1, 0.15) is 11.1 Å². The first-order chi connectivity index (χ1) is 15.0. The maximum Gasteiger partial charge on any atom is 0.329 e. The first-order valence-corrected chi connectivity index (χ1v) is 9.71. The maximum absolute atomic E-state index is 13.8. The number of esters is 1. The van der Waals surface area contributed by atoms with Crippen LogP contribution < -0.4 is 10.1 Å². The van der Waals surface area contributed by atoms with Crippen molar-refractivity contribution in [1.82, 2.24) is 5.32 Å². The number of nitro benzene ring substituents is 1. The molecule has 0 radical (unpaired) electrons. The molecule has 0 bridgehead atoms. The van der Waals surface area contributed by atoms with E-state index in [0.29, 0.717) is 0 Å². The number of ketones is 1. The molecule has 2 aromatic rings. The van der Waals surface area contributed by atoms with Crippen LogP contribution in [0.1, 0.15) is 34.6 Å². The highest BCUT2D eigenvalue weighted by Gasteiger charge is 2.28. The number of carbonyl (C=O) groups is 3. The number of hydrogen-bond acceptors (Lipinski definition) is 7. The van der Waals surface area contributed by atoms with Gasteiger partial charge < -0.3 is 14.8 Å². The number of nitrogens with one attached hydrogen (secondary N) is 1. The van der Waals surface area contributed by atoms with Crippen molar-refractivity contribution in [3.8, 4) is 5.75 Å². The summed E-state index contributed by atoms with van der Waals surface area (Å²) in [6, 6.07) is 5.88. The number of ether oxygens (including phenoxy) is 2. The number of hydrogen-bond donors (Lipinski definition) is 1. The summed E-state index contributed by atoms with van der Waals surface area (Å²) < 4.78 is 23.6. The van der Waals surface area contributed by atoms with Crippen molar-refractivity contribution in [3.63, 3.8) is 0 Å². The Labute approximate surface area is 187 Å². The van der Waals surface area contributed by atoms with Crippen LogP contribution in [-0.2, 0) is 9.53 Å². The van der Waals surface area contributed by atoms with Crippen LogP contribution in [-0.4, -0.2) is 42.3 Å². The molecule has 0 spiro atoms. The molecule has 1 N–H and O–H groups in total. The van der Waals surface area contributed by atoms with Gasteiger partial charge in [-0.15, -0.1) is 0 Å². The zero-order valence-electron chi connectivity index (χ0n) is 17.4. The molecular formula is C21H20ClFN2O7. The molecule has 0 saturated carbocycles. The molecule has 0 aliphatic heterocycles. The van der Waals surface area contributed by atoms with E-state index in [-0.39, 0.29) is 21.9 Å². The van der Waals surface area contributed by atoms with E-state index in [0.717, 1.165) is 12.1 Å². The SMILES string of the molecule is COc1ccc(C(=O)COC(=O)[C@@H](NC(=O)c2ccc(Cl)c([N+](=O)[O-])c2)C(C)C)cc1F. The van der Waals surface area contributed by atoms with E-state index in [2.05, 4.69) is 5.32 Å². The lowest BCUT2D eigenvalue weighted by molar-refractivity contribution is -0.384. The molecule has 2 rings (SSSR count). The van der Waals surface area contributed by atoms with Gasteiger partial charge in [0.2, 0.25) is 0 Å². The van der Waals surface area contributed by atoms with Crippen molar-refractivity contribution in [2.45, 2.75) is 19.9 Å². The molecule has 0 fully saturated rings. The first-order valence-electron chi connectivity index (χ1n) is 9.33. The molecule has 0 unspecified atom stereocenters. The maximum atomic E-state index is 13.8. The zero-order valence-corrected chi connectivity index (χ0v) is 18.1. The Morgan fingerprint density at radius 3 is 2.38 bits per heavy atom. The van der Waals surface area contributed by atoms with Gasteiger partial charge >= 0.3 is 5.97 Å². The summed E-state index contributed by atoms with van der Waals surface area (Å²) in [7, 11) is 1.28. The van der Waals surface area contributed by atoms with Crippen molar-refractivity contribution in [3.05, 3.63) is 68.5 Å². The van der Waals surface area contributed by atoms with E-state index in [9.17, 15) is 28.9 Å². The van der Waals surface area contributed by atoms with Crippen molar-refractivity contribution < 1.29 is 33.2 Å². The number of rotatable bonds is 9. The van der Waals surface area contributed by atoms with E-state index in [1.165, 1.54) is 31.4 Å². The number of nitrogens with zero attached hydrogens (tertiary/aromatic N) is 1. The van der Waals surface area contributed by atoms with Gasteiger partial charge in [-0.25, -0.2) is 9.18 Å². The lowest BCUT2D eigenvalue weighted by Crippen LogP contribution is -2.45. The number of amides is 1. The normalized spacial score (nSPS) is 11.6. The number of nitro groups is 1. The van der Waals surface area contributed by atoms with E-state index < -0.39 is 52.7 Å². The van der Waals surface area contributed by atoms with Crippen LogP contribution in [0.15, 0.2) is 36.4 Å². The monoisotopic (exact) mass is 466 g/mol. The van der Waals surface area contributed by atoms with E-state index in [4.69, 9.17) is 21.1 Å². The molecule has 0 aliphatic carbocycles. The number of carbonyl (C=O) groups excluding carboxylic acids is 3. The average Bonchev–Trinajstić information content (AvgIpc) is 2.75. The van der Waals surface area contributed by atoms with E-state index in [1.807, 2.05) is 0 Å². The fourth-order valence-electron chi connectivity index (χ4n) is 2.67. The third kappa shape index (κ3) is 6.01. The molecule has 1 amide bonds. The van der Waals surface area contributed by atoms with Gasteiger partial charge in [-0.05, 0) is 36.2 Å². The van der Waals surface area contributed by atoms with Gasteiger partial charge in [-0.1, -0.05) is 25.4 Å². The highest BCUT2D eigenvalue weighted by Crippen LogP contribution is 2.25. The molecule has 32 heavy (non-hydrogen) atoms. The molecule has 11 heteroatoms. The van der Waals surface area contributed by atoms with Gasteiger partial charge in [0.05, 0.1) is 12.0 Å². The second kappa shape index (κ2) is 10.7. The van der Waals surface area contributed by atoms with Gasteiger partial charge in [0, 0.05) is 17.2 Å². The van der Waals surface area contributed by atoms with Crippen LogP contribution in [0.4, 0.5) is 10.1 Å². The quantitative estimate of drug-likeness (QED) is 0.259. The largest absolute Gasteiger partial charge is 0.494 e. The lowest BCUT2D eigenvalue weighted by Gasteiger charge is -2.20. The Kier molecular flexibility index (Phi) is 8.25. The van der Waals surface area contributed by atoms with Crippen LogP contribution in [0.5, 0.6) is 5.75 Å². The topological polar surface area (TPSA) is 125 Å². The average molecular weight is 467 g/mol. The van der Waals surface area contributed by atoms with Crippen molar-refractivity contribution in [2.24, 2.45) is 5.92 Å². The van der Waals surface area contributed by atoms with Crippen molar-refractivity contribution in [1.29, 1.82) is 0 Å². The molecule has 0 heterocycles. The Hall–Kier alpha value is -3.53. The van der Waals surface area contributed by atoms with E-state index >= 15 is 0 Å². The predicted octanol–water partition coefficient (Wildman–Crippen LogP) is 3.58. The molecule has 2 aromatic carbocycles. The molecule has 9 nitrogen and oxygen atoms in total. The van der Waals surface area contributed by atoms with Crippen LogP contribution in [0, 0.1) is 21.8 Å². The van der Waals surface area contributed by atoms with Crippen LogP contribution in [0.2, 0.25) is 5.02 Å². The molecule has 0 aromatic heterocycles. The smallest absolute Gasteiger partial charge is 0.329 e. The van der Waals surface area contributed by atoms with Crippen molar-refractivity contribution in [2.75, 3.05) is 13.7 Å². The minimum Gasteiger partial charge on any atom is -0.494 e. The van der Waals surface area contributed by atoms with Crippen LogP contribution >= 0.6 is 11.6 Å². The Morgan fingerprint density at radius 1 is 1.16 bits per heavy atom. The summed E-state index contributed by atoms with van der Waals surface area (Å²) in [6.07, 6.45) is 0. The minimum atomic E-state index is -1.14. The summed E-state index contributed by atoms with van der Waals surface area (Å²) in [5.41, 5.74) is -0.556. The summed E-state index contributed by atoms with van der Waals surface area (Å²) >= 11 is 5.74. The Balaban J connectivity index is 2.07. The van der Waals surface area contributed by atoms with Gasteiger partial charge in [0.25, 0.3) is 11.6 Å². The third-order valence-electron chi connectivity index (χ3n) is 4.43. The third-order valence-corrected chi connectivity index (χ3v) is 4.75. The summed E-state index contributed by atoms with van der Waals surface area (Å²) in [6.45, 7) is 2.60. The fraction of sp³-hybridized carbons (Fsp3) is 0.286. The van der Waals surface area contributed by atoms with Crippen molar-refractivity contribution >= 4 is 34.9 Å². The molecule has 0 saturated heterocycles. The second-order valence-corrected chi connectivity index (χ2v) is 7.41. The number of Topliss-reactive ketones (excluding diaryl/α,β-unsaturated/α-hetero) is 1. The van der Waals surface area contributed by atoms with Gasteiger partial charge in [-0.2, -0.15) is 0 Å². The summed E-state index contributed by atoms with van der Waals surface area (Å²) in [5.74, 6) is -3.51. The van der Waals surface area contributed by atoms with Gasteiger partial charge in [0.15, 0.2) is 24.0 Å².